The number of benzene rings is 1. The molecule has 1 aromatic heterocycles. The first-order valence-electron chi connectivity index (χ1n) is 11.4. The molecule has 2 aromatic rings. The smallest absolute Gasteiger partial charge is 0.248 e. The van der Waals surface area contributed by atoms with E-state index in [1.165, 1.54) is 46.9 Å². The molecule has 1 unspecified atom stereocenters. The Morgan fingerprint density at radius 1 is 1.21 bits per heavy atom. The lowest BCUT2D eigenvalue weighted by molar-refractivity contribution is -0.142. The van der Waals surface area contributed by atoms with Crippen LogP contribution in [0.25, 0.3) is 0 Å². The summed E-state index contributed by atoms with van der Waals surface area (Å²) >= 11 is 1.31. The standard InChI is InChI=1S/C23H27N5O4S2/c24-15-18-6-8-19(9-7-18)34(31,32)27-11-12-28(21(29)16-27)20(14-17-4-2-1-3-5-17)22(30)26-23-25-10-13-33-23/h6-10,13,17,20H,1-5,11-12,14,16H2,(H,25,26,30). The topological polar surface area (TPSA) is 123 Å². The number of nitriles is 1. The van der Waals surface area contributed by atoms with Crippen molar-refractivity contribution < 1.29 is 18.0 Å². The number of amides is 2. The Balaban J connectivity index is 1.49. The summed E-state index contributed by atoms with van der Waals surface area (Å²) in [5, 5.41) is 14.0. The molecule has 0 spiro atoms. The van der Waals surface area contributed by atoms with Crippen LogP contribution in [0.1, 0.15) is 44.1 Å². The summed E-state index contributed by atoms with van der Waals surface area (Å²) in [6.07, 6.45) is 7.66. The van der Waals surface area contributed by atoms with Crippen LogP contribution < -0.4 is 5.32 Å². The Morgan fingerprint density at radius 3 is 2.56 bits per heavy atom. The number of sulfonamides is 1. The van der Waals surface area contributed by atoms with Crippen molar-refractivity contribution in [3.63, 3.8) is 0 Å². The molecule has 4 rings (SSSR count). The van der Waals surface area contributed by atoms with Gasteiger partial charge < -0.3 is 10.2 Å². The fourth-order valence-electron chi connectivity index (χ4n) is 4.64. The maximum Gasteiger partial charge on any atom is 0.248 e. The minimum atomic E-state index is -3.89. The second-order valence-electron chi connectivity index (χ2n) is 8.64. The van der Waals surface area contributed by atoms with Gasteiger partial charge in [-0.1, -0.05) is 32.1 Å². The van der Waals surface area contributed by atoms with Crippen molar-refractivity contribution in [2.75, 3.05) is 25.0 Å². The van der Waals surface area contributed by atoms with E-state index in [-0.39, 0.29) is 30.4 Å². The molecule has 0 radical (unpaired) electrons. The highest BCUT2D eigenvalue weighted by atomic mass is 32.2. The Kier molecular flexibility index (Phi) is 7.60. The first-order valence-corrected chi connectivity index (χ1v) is 13.7. The summed E-state index contributed by atoms with van der Waals surface area (Å²) in [7, 11) is -3.89. The molecule has 34 heavy (non-hydrogen) atoms. The lowest BCUT2D eigenvalue weighted by Gasteiger charge is -2.39. The van der Waals surface area contributed by atoms with Crippen molar-refractivity contribution >= 4 is 38.3 Å². The lowest BCUT2D eigenvalue weighted by atomic mass is 9.84. The number of thiazole rings is 1. The maximum absolute atomic E-state index is 13.2. The van der Waals surface area contributed by atoms with E-state index in [1.807, 2.05) is 6.07 Å². The first kappa shape index (κ1) is 24.3. The van der Waals surface area contributed by atoms with E-state index in [0.717, 1.165) is 30.0 Å². The average Bonchev–Trinajstić information content (AvgIpc) is 3.36. The van der Waals surface area contributed by atoms with Gasteiger partial charge in [0, 0.05) is 24.7 Å². The quantitative estimate of drug-likeness (QED) is 0.622. The molecule has 1 saturated carbocycles. The third kappa shape index (κ3) is 5.46. The number of hydrogen-bond donors (Lipinski definition) is 1. The van der Waals surface area contributed by atoms with Crippen LogP contribution in [-0.2, 0) is 19.6 Å². The molecule has 1 atom stereocenters. The number of hydrogen-bond acceptors (Lipinski definition) is 7. The van der Waals surface area contributed by atoms with Crippen molar-refractivity contribution in [3.05, 3.63) is 41.4 Å². The van der Waals surface area contributed by atoms with E-state index < -0.39 is 22.0 Å². The second-order valence-corrected chi connectivity index (χ2v) is 11.5. The van der Waals surface area contributed by atoms with Gasteiger partial charge in [0.15, 0.2) is 5.13 Å². The highest BCUT2D eigenvalue weighted by molar-refractivity contribution is 7.89. The van der Waals surface area contributed by atoms with Gasteiger partial charge in [-0.15, -0.1) is 11.3 Å². The minimum Gasteiger partial charge on any atom is -0.328 e. The number of nitrogens with one attached hydrogen (secondary N) is 1. The number of anilines is 1. The molecule has 1 N–H and O–H groups in total. The molecule has 2 amide bonds. The molecule has 2 aliphatic rings. The third-order valence-corrected chi connectivity index (χ3v) is 9.01. The van der Waals surface area contributed by atoms with E-state index in [4.69, 9.17) is 5.26 Å². The van der Waals surface area contributed by atoms with Crippen molar-refractivity contribution in [3.8, 4) is 6.07 Å². The van der Waals surface area contributed by atoms with Crippen molar-refractivity contribution in [1.82, 2.24) is 14.2 Å². The van der Waals surface area contributed by atoms with Crippen LogP contribution in [0.2, 0.25) is 0 Å². The molecule has 1 aliphatic heterocycles. The number of aromatic nitrogens is 1. The molecule has 11 heteroatoms. The summed E-state index contributed by atoms with van der Waals surface area (Å²) in [5.41, 5.74) is 0.358. The fourth-order valence-corrected chi connectivity index (χ4v) is 6.55. The molecule has 1 aliphatic carbocycles. The molecule has 180 valence electrons. The van der Waals surface area contributed by atoms with Gasteiger partial charge >= 0.3 is 0 Å². The molecule has 1 saturated heterocycles. The van der Waals surface area contributed by atoms with Gasteiger partial charge in [-0.05, 0) is 36.6 Å². The Bertz CT molecular complexity index is 1150. The highest BCUT2D eigenvalue weighted by Gasteiger charge is 2.39. The van der Waals surface area contributed by atoms with Gasteiger partial charge in [0.1, 0.15) is 6.04 Å². The van der Waals surface area contributed by atoms with E-state index in [9.17, 15) is 18.0 Å². The van der Waals surface area contributed by atoms with E-state index in [2.05, 4.69) is 10.3 Å². The zero-order valence-corrected chi connectivity index (χ0v) is 20.4. The van der Waals surface area contributed by atoms with Gasteiger partial charge in [0.25, 0.3) is 0 Å². The van der Waals surface area contributed by atoms with Crippen LogP contribution in [0.3, 0.4) is 0 Å². The van der Waals surface area contributed by atoms with Crippen LogP contribution >= 0.6 is 11.3 Å². The van der Waals surface area contributed by atoms with Crippen LogP contribution in [-0.4, -0.2) is 60.1 Å². The summed E-state index contributed by atoms with van der Waals surface area (Å²) in [5.74, 6) is -0.315. The zero-order chi connectivity index (χ0) is 24.1. The Hall–Kier alpha value is -2.81. The monoisotopic (exact) mass is 501 g/mol. The number of carbonyl (C=O) groups is 2. The lowest BCUT2D eigenvalue weighted by Crippen LogP contribution is -2.58. The van der Waals surface area contributed by atoms with Gasteiger partial charge in [0.05, 0.1) is 23.1 Å². The predicted molar refractivity (Wildman–Crippen MR) is 127 cm³/mol. The highest BCUT2D eigenvalue weighted by Crippen LogP contribution is 2.30. The molecule has 1 aromatic carbocycles. The van der Waals surface area contributed by atoms with Crippen molar-refractivity contribution in [1.29, 1.82) is 5.26 Å². The van der Waals surface area contributed by atoms with Crippen molar-refractivity contribution in [2.45, 2.75) is 49.5 Å². The summed E-state index contributed by atoms with van der Waals surface area (Å²) in [4.78, 5) is 32.0. The van der Waals surface area contributed by atoms with Gasteiger partial charge in [0.2, 0.25) is 21.8 Å². The maximum atomic E-state index is 13.2. The Labute approximate surface area is 203 Å². The molecule has 2 heterocycles. The van der Waals surface area contributed by atoms with Crippen LogP contribution in [0.15, 0.2) is 40.7 Å². The minimum absolute atomic E-state index is 0.0352. The molecule has 0 bridgehead atoms. The Morgan fingerprint density at radius 2 is 1.94 bits per heavy atom. The second kappa shape index (κ2) is 10.6. The third-order valence-electron chi connectivity index (χ3n) is 6.47. The predicted octanol–water partition coefficient (Wildman–Crippen LogP) is 2.83. The molecule has 2 fully saturated rings. The number of carbonyl (C=O) groups excluding carboxylic acids is 2. The van der Waals surface area contributed by atoms with Gasteiger partial charge in [-0.3, -0.25) is 9.59 Å². The number of piperazine rings is 1. The van der Waals surface area contributed by atoms with Crippen LogP contribution in [0, 0.1) is 17.2 Å². The summed E-state index contributed by atoms with van der Waals surface area (Å²) < 4.78 is 27.3. The average molecular weight is 502 g/mol. The number of nitrogens with zero attached hydrogens (tertiary/aromatic N) is 4. The van der Waals surface area contributed by atoms with E-state index in [0.29, 0.717) is 23.0 Å². The van der Waals surface area contributed by atoms with Crippen LogP contribution in [0.5, 0.6) is 0 Å². The molecular weight excluding hydrogens is 474 g/mol. The molecular formula is C23H27N5O4S2. The van der Waals surface area contributed by atoms with E-state index in [1.54, 1.807) is 11.6 Å². The first-order chi connectivity index (χ1) is 16.4. The summed E-state index contributed by atoms with van der Waals surface area (Å²) in [6, 6.07) is 6.92. The summed E-state index contributed by atoms with van der Waals surface area (Å²) in [6.45, 7) is -0.0924. The molecule has 9 nitrogen and oxygen atoms in total. The van der Waals surface area contributed by atoms with Gasteiger partial charge in [-0.25, -0.2) is 13.4 Å². The van der Waals surface area contributed by atoms with Crippen LogP contribution in [0.4, 0.5) is 5.13 Å². The largest absolute Gasteiger partial charge is 0.328 e. The SMILES string of the molecule is N#Cc1ccc(S(=O)(=O)N2CCN(C(CC3CCCCC3)C(=O)Nc3nccs3)C(=O)C2)cc1. The fraction of sp³-hybridized carbons (Fsp3) is 0.478. The zero-order valence-electron chi connectivity index (χ0n) is 18.7. The normalized spacial score (nSPS) is 18.9. The number of rotatable bonds is 7. The van der Waals surface area contributed by atoms with Gasteiger partial charge in [-0.2, -0.15) is 9.57 Å². The van der Waals surface area contributed by atoms with E-state index >= 15 is 0 Å². The van der Waals surface area contributed by atoms with Crippen molar-refractivity contribution in [2.24, 2.45) is 5.92 Å².